The van der Waals surface area contributed by atoms with Crippen LogP contribution in [-0.4, -0.2) is 49.1 Å². The van der Waals surface area contributed by atoms with Gasteiger partial charge in [-0.1, -0.05) is 13.3 Å². The lowest BCUT2D eigenvalue weighted by atomic mass is 9.84. The van der Waals surface area contributed by atoms with E-state index in [1.807, 2.05) is 0 Å². The van der Waals surface area contributed by atoms with Crippen LogP contribution < -0.4 is 10.6 Å². The van der Waals surface area contributed by atoms with E-state index in [1.54, 1.807) is 0 Å². The zero-order chi connectivity index (χ0) is 16.2. The Hall–Kier alpha value is -0.610. The monoisotopic (exact) mass is 321 g/mol. The second kappa shape index (κ2) is 7.98. The molecular formula is C19H35N3O. The van der Waals surface area contributed by atoms with Crippen LogP contribution in [0.4, 0.5) is 0 Å². The Labute approximate surface area is 141 Å². The molecule has 0 radical (unpaired) electrons. The number of fused-ring (bicyclic) bond motifs is 2. The maximum Gasteiger partial charge on any atom is 0.234 e. The van der Waals surface area contributed by atoms with Crippen molar-refractivity contribution in [2.45, 2.75) is 70.9 Å². The number of carbonyl (C=O) groups excluding carboxylic acids is 1. The lowest BCUT2D eigenvalue weighted by molar-refractivity contribution is -0.124. The van der Waals surface area contributed by atoms with Gasteiger partial charge in [-0.15, -0.1) is 0 Å². The van der Waals surface area contributed by atoms with Crippen molar-refractivity contribution in [3.8, 4) is 0 Å². The second-order valence-corrected chi connectivity index (χ2v) is 8.15. The maximum absolute atomic E-state index is 12.6. The minimum absolute atomic E-state index is 0.243. The van der Waals surface area contributed by atoms with Crippen molar-refractivity contribution in [1.29, 1.82) is 0 Å². The van der Waals surface area contributed by atoms with Crippen molar-refractivity contribution < 1.29 is 4.79 Å². The van der Waals surface area contributed by atoms with Crippen LogP contribution in [0.3, 0.4) is 0 Å². The van der Waals surface area contributed by atoms with E-state index in [9.17, 15) is 4.79 Å². The van der Waals surface area contributed by atoms with Gasteiger partial charge in [0, 0.05) is 12.1 Å². The van der Waals surface area contributed by atoms with Gasteiger partial charge in [-0.05, 0) is 82.8 Å². The largest absolute Gasteiger partial charge is 0.352 e. The summed E-state index contributed by atoms with van der Waals surface area (Å²) in [5.74, 6) is 2.81. The van der Waals surface area contributed by atoms with E-state index < -0.39 is 0 Å². The third kappa shape index (κ3) is 4.27. The molecule has 2 bridgehead atoms. The second-order valence-electron chi connectivity index (χ2n) is 8.15. The highest BCUT2D eigenvalue weighted by Crippen LogP contribution is 2.49. The molecule has 1 saturated heterocycles. The lowest BCUT2D eigenvalue weighted by Gasteiger charge is -2.35. The molecule has 4 unspecified atom stereocenters. The molecule has 132 valence electrons. The van der Waals surface area contributed by atoms with Gasteiger partial charge < -0.3 is 10.6 Å². The summed E-state index contributed by atoms with van der Waals surface area (Å²) in [5, 5.41) is 6.76. The summed E-state index contributed by atoms with van der Waals surface area (Å²) < 4.78 is 0. The molecule has 0 aromatic heterocycles. The fourth-order valence-electron chi connectivity index (χ4n) is 5.35. The normalized spacial score (nSPS) is 32.4. The maximum atomic E-state index is 12.6. The number of hydrogen-bond acceptors (Lipinski definition) is 3. The molecule has 3 aliphatic rings. The molecule has 4 heteroatoms. The molecule has 1 aliphatic heterocycles. The molecule has 1 amide bonds. The lowest BCUT2D eigenvalue weighted by Crippen LogP contribution is -2.50. The molecule has 0 aromatic carbocycles. The first-order valence-electron chi connectivity index (χ1n) is 9.91. The SMILES string of the molecule is CCCN(CC(=O)NC(C)C1CC2CCC1C2)C1CCNCC1. The number of hydrogen-bond donors (Lipinski definition) is 2. The van der Waals surface area contributed by atoms with Gasteiger partial charge in [-0.2, -0.15) is 0 Å². The van der Waals surface area contributed by atoms with Crippen LogP contribution >= 0.6 is 0 Å². The summed E-state index contributed by atoms with van der Waals surface area (Å²) in [4.78, 5) is 15.0. The summed E-state index contributed by atoms with van der Waals surface area (Å²) in [6.07, 6.45) is 9.07. The predicted octanol–water partition coefficient (Wildman–Crippen LogP) is 2.39. The molecule has 4 atom stereocenters. The molecule has 3 rings (SSSR count). The Balaban J connectivity index is 1.48. The third-order valence-electron chi connectivity index (χ3n) is 6.51. The number of nitrogens with zero attached hydrogens (tertiary/aromatic N) is 1. The van der Waals surface area contributed by atoms with Crippen LogP contribution in [-0.2, 0) is 4.79 Å². The Bertz CT molecular complexity index is 394. The first-order chi connectivity index (χ1) is 11.2. The third-order valence-corrected chi connectivity index (χ3v) is 6.51. The standard InChI is InChI=1S/C19H35N3O/c1-3-10-22(17-6-8-20-9-7-17)13-19(23)21-14(2)18-12-15-4-5-16(18)11-15/h14-18,20H,3-13H2,1-2H3,(H,21,23). The van der Waals surface area contributed by atoms with Crippen LogP contribution in [0.25, 0.3) is 0 Å². The van der Waals surface area contributed by atoms with Crippen molar-refractivity contribution in [1.82, 2.24) is 15.5 Å². The molecule has 1 heterocycles. The minimum Gasteiger partial charge on any atom is -0.352 e. The Morgan fingerprint density at radius 2 is 2.00 bits per heavy atom. The fourth-order valence-corrected chi connectivity index (χ4v) is 5.35. The Morgan fingerprint density at radius 3 is 2.61 bits per heavy atom. The van der Waals surface area contributed by atoms with Gasteiger partial charge in [0.05, 0.1) is 6.54 Å². The average Bonchev–Trinajstić information content (AvgIpc) is 3.18. The van der Waals surface area contributed by atoms with Gasteiger partial charge in [-0.3, -0.25) is 9.69 Å². The Kier molecular flexibility index (Phi) is 5.97. The van der Waals surface area contributed by atoms with Crippen LogP contribution in [0.5, 0.6) is 0 Å². The van der Waals surface area contributed by atoms with Crippen molar-refractivity contribution in [2.75, 3.05) is 26.2 Å². The highest BCUT2D eigenvalue weighted by Gasteiger charge is 2.42. The first kappa shape index (κ1) is 17.2. The molecule has 2 aliphatic carbocycles. The zero-order valence-electron chi connectivity index (χ0n) is 15.0. The number of carbonyl (C=O) groups is 1. The summed E-state index contributed by atoms with van der Waals surface area (Å²) >= 11 is 0. The highest BCUT2D eigenvalue weighted by atomic mass is 16.2. The smallest absolute Gasteiger partial charge is 0.234 e. The van der Waals surface area contributed by atoms with Crippen molar-refractivity contribution >= 4 is 5.91 Å². The first-order valence-corrected chi connectivity index (χ1v) is 9.91. The van der Waals surface area contributed by atoms with Crippen LogP contribution in [0, 0.1) is 17.8 Å². The van der Waals surface area contributed by atoms with E-state index >= 15 is 0 Å². The zero-order valence-corrected chi connectivity index (χ0v) is 15.0. The van der Waals surface area contributed by atoms with E-state index in [-0.39, 0.29) is 5.91 Å². The quantitative estimate of drug-likeness (QED) is 0.757. The highest BCUT2D eigenvalue weighted by molar-refractivity contribution is 5.78. The van der Waals surface area contributed by atoms with E-state index in [4.69, 9.17) is 0 Å². The van der Waals surface area contributed by atoms with Crippen molar-refractivity contribution in [2.24, 2.45) is 17.8 Å². The number of rotatable bonds is 7. The molecule has 23 heavy (non-hydrogen) atoms. The molecular weight excluding hydrogens is 286 g/mol. The van der Waals surface area contributed by atoms with Gasteiger partial charge in [0.1, 0.15) is 0 Å². The van der Waals surface area contributed by atoms with Gasteiger partial charge >= 0.3 is 0 Å². The van der Waals surface area contributed by atoms with Gasteiger partial charge in [0.25, 0.3) is 0 Å². The van der Waals surface area contributed by atoms with E-state index in [1.165, 1.54) is 38.5 Å². The number of piperidine rings is 1. The molecule has 4 nitrogen and oxygen atoms in total. The molecule has 0 aromatic rings. The summed E-state index contributed by atoms with van der Waals surface area (Å²) in [6, 6.07) is 0.939. The molecule has 3 fully saturated rings. The van der Waals surface area contributed by atoms with Gasteiger partial charge in [0.2, 0.25) is 5.91 Å². The van der Waals surface area contributed by atoms with E-state index in [0.29, 0.717) is 18.6 Å². The van der Waals surface area contributed by atoms with Gasteiger partial charge in [0.15, 0.2) is 0 Å². The van der Waals surface area contributed by atoms with Crippen molar-refractivity contribution in [3.05, 3.63) is 0 Å². The minimum atomic E-state index is 0.243. The van der Waals surface area contributed by atoms with Crippen LogP contribution in [0.2, 0.25) is 0 Å². The van der Waals surface area contributed by atoms with Crippen LogP contribution in [0.1, 0.15) is 58.8 Å². The van der Waals surface area contributed by atoms with E-state index in [0.717, 1.165) is 43.8 Å². The summed E-state index contributed by atoms with van der Waals surface area (Å²) in [7, 11) is 0. The van der Waals surface area contributed by atoms with Crippen LogP contribution in [0.15, 0.2) is 0 Å². The molecule has 0 spiro atoms. The molecule has 2 N–H and O–H groups in total. The number of amides is 1. The number of nitrogens with one attached hydrogen (secondary N) is 2. The van der Waals surface area contributed by atoms with Crippen molar-refractivity contribution in [3.63, 3.8) is 0 Å². The fraction of sp³-hybridized carbons (Fsp3) is 0.947. The summed E-state index contributed by atoms with van der Waals surface area (Å²) in [6.45, 7) is 8.26. The summed E-state index contributed by atoms with van der Waals surface area (Å²) in [5.41, 5.74) is 0. The predicted molar refractivity (Wildman–Crippen MR) is 94.3 cm³/mol. The van der Waals surface area contributed by atoms with Gasteiger partial charge in [-0.25, -0.2) is 0 Å². The topological polar surface area (TPSA) is 44.4 Å². The van der Waals surface area contributed by atoms with E-state index in [2.05, 4.69) is 29.4 Å². The Morgan fingerprint density at radius 1 is 1.22 bits per heavy atom. The molecule has 2 saturated carbocycles. The average molecular weight is 322 g/mol.